The van der Waals surface area contributed by atoms with Gasteiger partial charge in [0.15, 0.2) is 18.9 Å². The van der Waals surface area contributed by atoms with Crippen molar-refractivity contribution in [3.05, 3.63) is 35.5 Å². The molecule has 33 atom stereocenters. The summed E-state index contributed by atoms with van der Waals surface area (Å²) in [6, 6.07) is -6.69. The molecule has 0 bridgehead atoms. The summed E-state index contributed by atoms with van der Waals surface area (Å²) in [4.78, 5) is 0. The fraction of sp³-hybridized carbons (Fsp3) is 0.898. The van der Waals surface area contributed by atoms with Crippen molar-refractivity contribution in [3.63, 3.8) is 0 Å². The minimum absolute atomic E-state index is 0.0483. The van der Waals surface area contributed by atoms with Crippen LogP contribution in [0.2, 0.25) is 0 Å². The molecule has 3 aliphatic carbocycles. The van der Waals surface area contributed by atoms with E-state index in [1.165, 1.54) is 0 Å². The Balaban J connectivity index is 0.000000802. The molecule has 0 spiro atoms. The second kappa shape index (κ2) is 52.3. The van der Waals surface area contributed by atoms with Crippen molar-refractivity contribution >= 4 is 62.4 Å². The first-order valence-corrected chi connectivity index (χ1v) is 45.4. The first-order chi connectivity index (χ1) is 56.8. The number of nitrogens with two attached hydrogens (primary N) is 11. The minimum atomic E-state index is -4.67. The van der Waals surface area contributed by atoms with Crippen molar-refractivity contribution in [1.82, 2.24) is 21.3 Å². The summed E-state index contributed by atoms with van der Waals surface area (Å²) in [6.07, 6.45) is -10.2. The second-order valence-corrected chi connectivity index (χ2v) is 35.0. The van der Waals surface area contributed by atoms with Gasteiger partial charge in [-0.05, 0) is 105 Å². The zero-order valence-corrected chi connectivity index (χ0v) is 73.1. The van der Waals surface area contributed by atoms with Gasteiger partial charge in [0, 0.05) is 36.3 Å². The number of hydrogen-bond donors (Lipinski definition) is 36. The van der Waals surface area contributed by atoms with Crippen LogP contribution in [0.25, 0.3) is 0 Å². The molecule has 0 aromatic rings. The van der Waals surface area contributed by atoms with E-state index in [0.717, 1.165) is 0 Å². The minimum Gasteiger partial charge on any atom is -0.467 e. The van der Waals surface area contributed by atoms with Crippen molar-refractivity contribution in [1.29, 1.82) is 0 Å². The highest BCUT2D eigenvalue weighted by Gasteiger charge is 2.55. The van der Waals surface area contributed by atoms with Crippen LogP contribution in [0, 0.1) is 0 Å². The first-order valence-electron chi connectivity index (χ1n) is 37.0. The first kappa shape index (κ1) is 120. The lowest BCUT2D eigenvalue weighted by atomic mass is 9.83. The highest BCUT2D eigenvalue weighted by atomic mass is 32.3. The third-order valence-corrected chi connectivity index (χ3v) is 19.1. The van der Waals surface area contributed by atoms with E-state index < -0.39 is 257 Å². The highest BCUT2D eigenvalue weighted by Crippen LogP contribution is 2.36. The van der Waals surface area contributed by atoms with E-state index in [1.54, 1.807) is 54.1 Å². The Morgan fingerprint density at radius 2 is 0.536 bits per heavy atom. The zero-order chi connectivity index (χ0) is 97.2. The van der Waals surface area contributed by atoms with E-state index in [2.05, 4.69) is 21.3 Å². The summed E-state index contributed by atoms with van der Waals surface area (Å²) in [7, 11) is -23.1. The maximum atomic E-state index is 11.3. The van der Waals surface area contributed by atoms with Gasteiger partial charge in [-0.2, -0.15) is 50.5 Å². The van der Waals surface area contributed by atoms with Crippen molar-refractivity contribution in [2.75, 3.05) is 67.1 Å². The lowest BCUT2D eigenvalue weighted by Crippen LogP contribution is -2.69. The van der Waals surface area contributed by atoms with Gasteiger partial charge >= 0.3 is 62.4 Å². The molecule has 6 aliphatic heterocycles. The van der Waals surface area contributed by atoms with Crippen molar-refractivity contribution in [2.24, 2.45) is 63.1 Å². The van der Waals surface area contributed by atoms with Crippen LogP contribution in [0.1, 0.15) is 66.2 Å². The van der Waals surface area contributed by atoms with Gasteiger partial charge in [-0.15, -0.1) is 0 Å². The van der Waals surface area contributed by atoms with E-state index in [4.69, 9.17) is 225 Å². The molecule has 47 N–H and O–H groups in total. The number of ether oxygens (including phenoxy) is 12. The number of likely N-dealkylation sites (N-methyl/N-ethyl adjacent to an activating group) is 4. The van der Waals surface area contributed by atoms with E-state index in [-0.39, 0.29) is 45.5 Å². The Kier molecular flexibility index (Phi) is 50.0. The third-order valence-electron chi connectivity index (χ3n) is 19.1. The Morgan fingerprint density at radius 3 is 0.736 bits per heavy atom. The van der Waals surface area contributed by atoms with Crippen LogP contribution in [0.4, 0.5) is 0 Å². The summed E-state index contributed by atoms with van der Waals surface area (Å²) in [5, 5.41) is 109. The molecule has 66 heteroatoms. The number of aliphatic hydroxyl groups is 9. The molecule has 0 aromatic carbocycles. The zero-order valence-electron chi connectivity index (χ0n) is 68.2. The lowest BCUT2D eigenvalue weighted by molar-refractivity contribution is -0.304. The number of nitrogens with one attached hydrogen (secondary N) is 4. The summed E-state index contributed by atoms with van der Waals surface area (Å²) < 4.78 is 259. The molecule has 0 amide bonds. The van der Waals surface area contributed by atoms with Crippen molar-refractivity contribution < 1.29 is 208 Å². The molecular formula is C59H127N15O45S6. The van der Waals surface area contributed by atoms with Crippen LogP contribution in [0.3, 0.4) is 0 Å². The van der Waals surface area contributed by atoms with E-state index in [9.17, 15) is 46.0 Å². The van der Waals surface area contributed by atoms with Gasteiger partial charge in [0.25, 0.3) is 0 Å². The number of hydrogen-bond acceptors (Lipinski definition) is 48. The topological polar surface area (TPSA) is 1070 Å². The largest absolute Gasteiger partial charge is 0.467 e. The molecule has 0 radical (unpaired) electrons. The molecule has 60 nitrogen and oxygen atoms in total. The second-order valence-electron chi connectivity index (χ2n) is 29.6. The number of aliphatic hydroxyl groups excluding tert-OH is 6. The van der Waals surface area contributed by atoms with Crippen LogP contribution < -0.4 is 84.3 Å². The van der Waals surface area contributed by atoms with Crippen LogP contribution in [-0.4, -0.2) is 419 Å². The van der Waals surface area contributed by atoms with E-state index in [0.29, 0.717) is 62.3 Å². The van der Waals surface area contributed by atoms with Gasteiger partial charge in [-0.25, -0.2) is 0 Å². The van der Waals surface area contributed by atoms with E-state index >= 15 is 0 Å². The van der Waals surface area contributed by atoms with Gasteiger partial charge in [-0.3, -0.25) is 54.6 Å². The molecule has 3 saturated heterocycles. The Labute approximate surface area is 720 Å². The summed E-state index contributed by atoms with van der Waals surface area (Å²) in [5.74, 6) is 1.68. The molecule has 6 fully saturated rings. The van der Waals surface area contributed by atoms with Crippen LogP contribution in [0.5, 0.6) is 0 Å². The van der Waals surface area contributed by atoms with Gasteiger partial charge in [-0.1, -0.05) is 6.92 Å². The molecular weight excluding hydrogens is 1830 g/mol. The summed E-state index contributed by atoms with van der Waals surface area (Å²) in [5.41, 5.74) is 62.6. The lowest BCUT2D eigenvalue weighted by Gasteiger charge is -2.49. The van der Waals surface area contributed by atoms with Gasteiger partial charge in [0.1, 0.15) is 107 Å². The Hall–Kier alpha value is -3.48. The Morgan fingerprint density at radius 1 is 0.344 bits per heavy atom. The van der Waals surface area contributed by atoms with Gasteiger partial charge in [0.2, 0.25) is 18.9 Å². The number of rotatable bonds is 20. The quantitative estimate of drug-likeness (QED) is 0.0503. The van der Waals surface area contributed by atoms with Gasteiger partial charge in [0.05, 0.1) is 75.7 Å². The predicted octanol–water partition coefficient (Wildman–Crippen LogP) is -14.8. The van der Waals surface area contributed by atoms with Crippen molar-refractivity contribution in [2.45, 2.75) is 267 Å². The van der Waals surface area contributed by atoms with Crippen LogP contribution >= 0.6 is 0 Å². The summed E-state index contributed by atoms with van der Waals surface area (Å²) in [6.45, 7) is 7.67. The van der Waals surface area contributed by atoms with Crippen molar-refractivity contribution in [3.8, 4) is 0 Å². The highest BCUT2D eigenvalue weighted by molar-refractivity contribution is 7.81. The average molecular weight is 1960 g/mol. The fourth-order valence-electron chi connectivity index (χ4n) is 13.7. The Bertz CT molecular complexity index is 3630. The molecule has 3 saturated carbocycles. The molecule has 744 valence electrons. The molecule has 9 aliphatic rings. The molecule has 6 unspecified atom stereocenters. The maximum Gasteiger partial charge on any atom is 0.394 e. The van der Waals surface area contributed by atoms with Crippen LogP contribution in [-0.2, 0) is 119 Å². The molecule has 6 heterocycles. The standard InChI is InChI=1S/C21H41N5O7.2C19H37N5O7.6H2O4S/c1-4-26-13-7-12(24)16(32-19-11(23)6-5-10(8-22)31-19)14(27)17(13)33-20-15(28)18(25-3)21(2,29)9-30-20;2*1-19(27)7-28-18(13(26)16(19)24-2)31-15-11(23)5-10(22)14(12(15)25)30-17-9(21)4-3-8(6-20)29-17;6*1-5(2,3)4/h5,11-20,25-29H,4,6-9,22-24H2,1-3H3;2*3,9-18,24-27H,4-7,20-23H2,1-2H3;6*(H2,1,2,3,4)/t11?,12-,13+,14-,15+,16+,17-,18+,19?,20+,21-;2*9?,10-,11+,12-,13+,14+,15-,16+,17?,18+,19-;;;;;;/m000....../s1. The average Bonchev–Trinajstić information content (AvgIpc) is 0.787. The molecule has 125 heavy (non-hydrogen) atoms. The maximum absolute atomic E-state index is 11.3. The van der Waals surface area contributed by atoms with Gasteiger partial charge < -0.3 is 187 Å². The normalized spacial score (nSPS) is 39.2. The monoisotopic (exact) mass is 1960 g/mol. The molecule has 0 aromatic heterocycles. The summed E-state index contributed by atoms with van der Waals surface area (Å²) >= 11 is 0. The SMILES string of the molecule is CCN[C@@H]1C[C@H](N)[C@@H](OC2OC(CN)=CCC2N)[C@H](O)[C@H]1O[C@H]1OC[C@](C)(O)[C@H](NC)[C@H]1O.CN[C@@H]1[C@@H](O)[C@@H](O[C@@H]2[C@@H](O)[C@H](OC3OC(CN)=CCC3N)[C@@H](N)C[C@H]2N)OC[C@]1(C)O.CN[C@@H]1[C@@H](O)[C@@H](O[C@@H]2[C@@H](O)[C@H](OC3OC(CN)=CCC3N)[C@@H](N)C[C@H]2N)OC[C@]1(C)O.O=S(=O)(O)O.O=S(=O)(O)O.O=S(=O)(O)O.O=S(=O)(O)O.O=S(=O)(O)O.O=S(=O)(O)O. The van der Waals surface area contributed by atoms with E-state index in [1.807, 2.05) is 13.0 Å². The van der Waals surface area contributed by atoms with Crippen LogP contribution in [0.15, 0.2) is 35.5 Å². The molecule has 9 rings (SSSR count). The predicted molar refractivity (Wildman–Crippen MR) is 425 cm³/mol. The smallest absolute Gasteiger partial charge is 0.394 e. The fourth-order valence-corrected chi connectivity index (χ4v) is 13.7. The third kappa shape index (κ3) is 44.7.